The third kappa shape index (κ3) is 0.800. The average molecular weight is 140 g/mol. The molecule has 0 spiro atoms. The predicted molar refractivity (Wildman–Crippen MR) is 40.6 cm³/mol. The molecule has 0 aromatic carbocycles. The quantitative estimate of drug-likeness (QED) is 0.589. The maximum Gasteiger partial charge on any atom is 0.0625 e. The van der Waals surface area contributed by atoms with Crippen LogP contribution in [0.25, 0.3) is 0 Å². The molecule has 0 bridgehead atoms. The molecule has 0 amide bonds. The molecule has 2 fully saturated rings. The fourth-order valence-corrected chi connectivity index (χ4v) is 2.87. The van der Waals surface area contributed by atoms with Gasteiger partial charge in [-0.05, 0) is 44.4 Å². The van der Waals surface area contributed by atoms with E-state index in [0.29, 0.717) is 5.92 Å². The van der Waals surface area contributed by atoms with Gasteiger partial charge in [-0.1, -0.05) is 6.42 Å². The van der Waals surface area contributed by atoms with Crippen LogP contribution in [0.5, 0.6) is 0 Å². The lowest BCUT2D eigenvalue weighted by Crippen LogP contribution is -2.24. The number of hydrogen-bond acceptors (Lipinski definition) is 1. The average Bonchev–Trinajstić information content (AvgIpc) is 2.30. The molecule has 2 saturated carbocycles. The van der Waals surface area contributed by atoms with Crippen LogP contribution in [0.2, 0.25) is 0 Å². The van der Waals surface area contributed by atoms with Gasteiger partial charge < -0.3 is 5.11 Å². The highest BCUT2D eigenvalue weighted by Crippen LogP contribution is 2.61. The van der Waals surface area contributed by atoms with Crippen LogP contribution < -0.4 is 0 Å². The van der Waals surface area contributed by atoms with Crippen LogP contribution in [-0.4, -0.2) is 10.7 Å². The van der Waals surface area contributed by atoms with E-state index in [1.807, 2.05) is 13.8 Å². The van der Waals surface area contributed by atoms with Crippen LogP contribution in [0.1, 0.15) is 33.1 Å². The summed E-state index contributed by atoms with van der Waals surface area (Å²) in [5, 5.41) is 9.66. The smallest absolute Gasteiger partial charge is 0.0625 e. The van der Waals surface area contributed by atoms with E-state index < -0.39 is 5.60 Å². The summed E-state index contributed by atoms with van der Waals surface area (Å²) in [5.74, 6) is 2.42. The van der Waals surface area contributed by atoms with Crippen LogP contribution in [0.3, 0.4) is 0 Å². The van der Waals surface area contributed by atoms with E-state index in [2.05, 4.69) is 0 Å². The van der Waals surface area contributed by atoms with Gasteiger partial charge in [-0.3, -0.25) is 0 Å². The van der Waals surface area contributed by atoms with Crippen LogP contribution in [0.15, 0.2) is 0 Å². The number of hydrogen-bond donors (Lipinski definition) is 1. The highest BCUT2D eigenvalue weighted by Gasteiger charge is 2.58. The van der Waals surface area contributed by atoms with Crippen LogP contribution in [0.4, 0.5) is 0 Å². The lowest BCUT2D eigenvalue weighted by Gasteiger charge is -2.18. The first kappa shape index (κ1) is 6.66. The summed E-state index contributed by atoms with van der Waals surface area (Å²) in [4.78, 5) is 0. The van der Waals surface area contributed by atoms with Crippen molar-refractivity contribution < 1.29 is 5.11 Å². The molecule has 2 aliphatic rings. The van der Waals surface area contributed by atoms with Crippen molar-refractivity contribution in [2.75, 3.05) is 0 Å². The minimum atomic E-state index is -0.393. The van der Waals surface area contributed by atoms with Crippen LogP contribution in [0, 0.1) is 17.8 Å². The number of aliphatic hydroxyl groups is 1. The first-order chi connectivity index (χ1) is 4.61. The second-order valence-corrected chi connectivity index (χ2v) is 4.44. The molecule has 10 heavy (non-hydrogen) atoms. The lowest BCUT2D eigenvalue weighted by atomic mass is 9.96. The SMILES string of the molecule is CC(C)(O)C1C2CCCC21. The molecule has 0 aromatic heterocycles. The van der Waals surface area contributed by atoms with Gasteiger partial charge in [0, 0.05) is 0 Å². The maximum absolute atomic E-state index is 9.66. The van der Waals surface area contributed by atoms with E-state index in [1.165, 1.54) is 19.3 Å². The molecule has 1 N–H and O–H groups in total. The van der Waals surface area contributed by atoms with Crippen molar-refractivity contribution in [1.82, 2.24) is 0 Å². The van der Waals surface area contributed by atoms with Crippen molar-refractivity contribution in [1.29, 1.82) is 0 Å². The van der Waals surface area contributed by atoms with E-state index in [0.717, 1.165) is 11.8 Å². The number of fused-ring (bicyclic) bond motifs is 1. The Balaban J connectivity index is 2.01. The summed E-state index contributed by atoms with van der Waals surface area (Å²) in [6, 6.07) is 0. The summed E-state index contributed by atoms with van der Waals surface area (Å²) in [6.07, 6.45) is 4.15. The van der Waals surface area contributed by atoms with Gasteiger partial charge >= 0.3 is 0 Å². The van der Waals surface area contributed by atoms with E-state index in [-0.39, 0.29) is 0 Å². The van der Waals surface area contributed by atoms with Crippen molar-refractivity contribution in [3.05, 3.63) is 0 Å². The van der Waals surface area contributed by atoms with E-state index in [9.17, 15) is 5.11 Å². The summed E-state index contributed by atoms with van der Waals surface area (Å²) < 4.78 is 0. The Bertz CT molecular complexity index is 135. The molecule has 0 saturated heterocycles. The highest BCUT2D eigenvalue weighted by molar-refractivity contribution is 5.07. The van der Waals surface area contributed by atoms with E-state index in [4.69, 9.17) is 0 Å². The molecule has 2 aliphatic carbocycles. The molecule has 0 aliphatic heterocycles. The second-order valence-electron chi connectivity index (χ2n) is 4.44. The van der Waals surface area contributed by atoms with Crippen molar-refractivity contribution in [3.63, 3.8) is 0 Å². The molecule has 2 rings (SSSR count). The van der Waals surface area contributed by atoms with Gasteiger partial charge in [0.05, 0.1) is 5.60 Å². The van der Waals surface area contributed by atoms with Crippen molar-refractivity contribution in [2.24, 2.45) is 17.8 Å². The third-order valence-corrected chi connectivity index (χ3v) is 3.22. The Labute approximate surface area is 62.4 Å². The van der Waals surface area contributed by atoms with Gasteiger partial charge in [0.2, 0.25) is 0 Å². The molecule has 1 nitrogen and oxygen atoms in total. The summed E-state index contributed by atoms with van der Waals surface area (Å²) in [5.41, 5.74) is -0.393. The minimum absolute atomic E-state index is 0.393. The van der Waals surface area contributed by atoms with Gasteiger partial charge in [0.15, 0.2) is 0 Å². The molecule has 58 valence electrons. The zero-order valence-electron chi connectivity index (χ0n) is 6.80. The summed E-state index contributed by atoms with van der Waals surface area (Å²) >= 11 is 0. The molecule has 2 unspecified atom stereocenters. The molecule has 0 aromatic rings. The maximum atomic E-state index is 9.66. The van der Waals surface area contributed by atoms with Crippen LogP contribution in [-0.2, 0) is 0 Å². The predicted octanol–water partition coefficient (Wildman–Crippen LogP) is 1.80. The Kier molecular flexibility index (Phi) is 1.17. The Morgan fingerprint density at radius 1 is 1.20 bits per heavy atom. The van der Waals surface area contributed by atoms with Crippen LogP contribution >= 0.6 is 0 Å². The van der Waals surface area contributed by atoms with Gasteiger partial charge in [-0.25, -0.2) is 0 Å². The van der Waals surface area contributed by atoms with E-state index in [1.54, 1.807) is 0 Å². The Morgan fingerprint density at radius 2 is 1.70 bits per heavy atom. The van der Waals surface area contributed by atoms with Gasteiger partial charge in [0.25, 0.3) is 0 Å². The minimum Gasteiger partial charge on any atom is -0.390 e. The lowest BCUT2D eigenvalue weighted by molar-refractivity contribution is 0.0431. The topological polar surface area (TPSA) is 20.2 Å². The Morgan fingerprint density at radius 3 is 2.00 bits per heavy atom. The molecule has 0 heterocycles. The summed E-state index contributed by atoms with van der Waals surface area (Å²) in [6.45, 7) is 3.91. The fraction of sp³-hybridized carbons (Fsp3) is 1.00. The highest BCUT2D eigenvalue weighted by atomic mass is 16.3. The fourth-order valence-electron chi connectivity index (χ4n) is 2.87. The standard InChI is InChI=1S/C9H16O/c1-9(2,10)8-6-4-3-5-7(6)8/h6-8,10H,3-5H2,1-2H3. The molecular formula is C9H16O. The first-order valence-electron chi connectivity index (χ1n) is 4.33. The molecule has 2 atom stereocenters. The Hall–Kier alpha value is -0.0400. The number of rotatable bonds is 1. The largest absolute Gasteiger partial charge is 0.390 e. The van der Waals surface area contributed by atoms with Gasteiger partial charge in [0.1, 0.15) is 0 Å². The third-order valence-electron chi connectivity index (χ3n) is 3.22. The van der Waals surface area contributed by atoms with Crippen molar-refractivity contribution in [2.45, 2.75) is 38.7 Å². The molecule has 0 radical (unpaired) electrons. The van der Waals surface area contributed by atoms with E-state index >= 15 is 0 Å². The zero-order valence-corrected chi connectivity index (χ0v) is 6.80. The van der Waals surface area contributed by atoms with Gasteiger partial charge in [-0.2, -0.15) is 0 Å². The monoisotopic (exact) mass is 140 g/mol. The second kappa shape index (κ2) is 1.76. The van der Waals surface area contributed by atoms with Crippen molar-refractivity contribution >= 4 is 0 Å². The van der Waals surface area contributed by atoms with Gasteiger partial charge in [-0.15, -0.1) is 0 Å². The molecule has 1 heteroatoms. The first-order valence-corrected chi connectivity index (χ1v) is 4.33. The normalized spacial score (nSPS) is 45.3. The zero-order chi connectivity index (χ0) is 7.35. The molecular weight excluding hydrogens is 124 g/mol. The van der Waals surface area contributed by atoms with Crippen molar-refractivity contribution in [3.8, 4) is 0 Å². The summed E-state index contributed by atoms with van der Waals surface area (Å²) in [7, 11) is 0.